The summed E-state index contributed by atoms with van der Waals surface area (Å²) in [5, 5.41) is 0. The van der Waals surface area contributed by atoms with Gasteiger partial charge in [-0.1, -0.05) is 0 Å². The third kappa shape index (κ3) is 696. The first-order valence-corrected chi connectivity index (χ1v) is 3.60. The molecule has 0 heterocycles. The Balaban J connectivity index is -0.0000000383. The minimum Gasteiger partial charge on any atom is -0.759 e. The van der Waals surface area contributed by atoms with Crippen LogP contribution in [-0.2, 0) is 21.8 Å². The molecule has 4 N–H and O–H groups in total. The van der Waals surface area contributed by atoms with Crippen molar-refractivity contribution in [1.82, 2.24) is 0 Å². The van der Waals surface area contributed by atoms with E-state index >= 15 is 0 Å². The van der Waals surface area contributed by atoms with Crippen LogP contribution in [0.15, 0.2) is 0 Å². The van der Waals surface area contributed by atoms with Gasteiger partial charge in [0.05, 0.1) is 0 Å². The molecule has 0 amide bonds. The molecule has 0 aromatic carbocycles. The number of hydrogen-bond acceptors (Lipinski definition) is 5. The van der Waals surface area contributed by atoms with E-state index in [0.29, 0.717) is 0 Å². The molecule has 0 atom stereocenters. The van der Waals surface area contributed by atoms with Crippen molar-refractivity contribution in [2.24, 2.45) is 0 Å². The van der Waals surface area contributed by atoms with Gasteiger partial charge in [0.25, 0.3) is 11.4 Å². The summed E-state index contributed by atoms with van der Waals surface area (Å²) in [6.07, 6.45) is 0. The predicted octanol–water partition coefficient (Wildman–Crippen LogP) is -2.86. The van der Waals surface area contributed by atoms with Crippen LogP contribution in [-0.4, -0.2) is 74.1 Å². The third-order valence-corrected chi connectivity index (χ3v) is 0. The second-order valence-corrected chi connectivity index (χ2v) is 1.92. The van der Waals surface area contributed by atoms with E-state index in [2.05, 4.69) is 0 Å². The molecule has 0 radical (unpaired) electrons. The average Bonchev–Trinajstić information content (AvgIpc) is 1.19. The van der Waals surface area contributed by atoms with Crippen molar-refractivity contribution in [3.05, 3.63) is 0 Å². The Hall–Kier alpha value is 1.16. The van der Waals surface area contributed by atoms with Gasteiger partial charge in [-0.05, 0) is 0 Å². The van der Waals surface area contributed by atoms with Gasteiger partial charge in [-0.3, -0.25) is 17.5 Å². The predicted molar refractivity (Wildman–Crippen MR) is 33.2 cm³/mol. The molecule has 0 saturated carbocycles. The van der Waals surface area contributed by atoms with E-state index in [9.17, 15) is 0 Å². The van der Waals surface area contributed by atoms with Gasteiger partial charge in [0.1, 0.15) is 0 Å². The van der Waals surface area contributed by atoms with Gasteiger partial charge in [-0.2, -0.15) is 4.21 Å². The summed E-state index contributed by atoms with van der Waals surface area (Å²) < 4.78 is 56.9. The quantitative estimate of drug-likeness (QED) is 0.197. The molecule has 0 aromatic heterocycles. The zero-order valence-corrected chi connectivity index (χ0v) is 8.80. The van der Waals surface area contributed by atoms with Crippen LogP contribution in [0.1, 0.15) is 0 Å². The molecule has 0 rings (SSSR count). The maximum Gasteiger partial charge on any atom is 2.00 e. The molecule has 11 heavy (non-hydrogen) atoms. The monoisotopic (exact) mass is 236 g/mol. The zero-order chi connectivity index (χ0) is 8.08. The van der Waals surface area contributed by atoms with Crippen molar-refractivity contribution in [2.75, 3.05) is 0 Å². The van der Waals surface area contributed by atoms with Crippen LogP contribution in [0, 0.1) is 0 Å². The van der Waals surface area contributed by atoms with Crippen LogP contribution < -0.4 is 0 Å². The van der Waals surface area contributed by atoms with E-state index in [1.807, 2.05) is 0 Å². The van der Waals surface area contributed by atoms with Crippen molar-refractivity contribution in [3.63, 3.8) is 0 Å². The number of hydrogen-bond donors (Lipinski definition) is 2. The maximum atomic E-state index is 8.67. The normalized spacial score (nSPS) is 8.45. The zero-order valence-electron chi connectivity index (χ0n) is 4.96. The number of rotatable bonds is 0. The molecule has 0 saturated heterocycles. The fourth-order valence-electron chi connectivity index (χ4n) is 0. The van der Waals surface area contributed by atoms with Crippen LogP contribution in [0.25, 0.3) is 0 Å². The SMILES string of the molecule is O.O=S(=O)([O-])[O-].O=S(O)O.[Ca+2]. The molecular formula is H4CaO8S2. The molecule has 0 spiro atoms. The molecule has 0 bridgehead atoms. The molecule has 66 valence electrons. The average molecular weight is 236 g/mol. The summed E-state index contributed by atoms with van der Waals surface area (Å²) in [7, 11) is -5.17. The van der Waals surface area contributed by atoms with E-state index in [1.165, 1.54) is 0 Å². The summed E-state index contributed by atoms with van der Waals surface area (Å²) in [5.74, 6) is 0. The first-order chi connectivity index (χ1) is 3.73. The van der Waals surface area contributed by atoms with Gasteiger partial charge in [0.2, 0.25) is 0 Å². The van der Waals surface area contributed by atoms with Crippen molar-refractivity contribution in [1.29, 1.82) is 0 Å². The Morgan fingerprint density at radius 3 is 1.18 bits per heavy atom. The molecule has 0 aliphatic heterocycles. The first-order valence-electron chi connectivity index (χ1n) is 1.20. The molecule has 0 fully saturated rings. The Labute approximate surface area is 95.0 Å². The van der Waals surface area contributed by atoms with E-state index < -0.39 is 21.8 Å². The van der Waals surface area contributed by atoms with Crippen LogP contribution in [0.2, 0.25) is 0 Å². The van der Waals surface area contributed by atoms with Gasteiger partial charge < -0.3 is 14.6 Å². The molecular weight excluding hydrogens is 232 g/mol. The minimum atomic E-state index is -5.17. The second kappa shape index (κ2) is 11.2. The summed E-state index contributed by atoms with van der Waals surface area (Å²) in [5.41, 5.74) is 0. The van der Waals surface area contributed by atoms with E-state index in [1.54, 1.807) is 0 Å². The van der Waals surface area contributed by atoms with Gasteiger partial charge in [-0.25, -0.2) is 0 Å². The largest absolute Gasteiger partial charge is 2.00 e. The van der Waals surface area contributed by atoms with Crippen LogP contribution in [0.4, 0.5) is 0 Å². The van der Waals surface area contributed by atoms with Crippen molar-refractivity contribution < 1.29 is 36.3 Å². The molecule has 0 aliphatic rings. The Morgan fingerprint density at radius 2 is 1.18 bits per heavy atom. The molecule has 0 unspecified atom stereocenters. The molecule has 0 aliphatic carbocycles. The van der Waals surface area contributed by atoms with Gasteiger partial charge in [0.15, 0.2) is 0 Å². The van der Waals surface area contributed by atoms with Crippen molar-refractivity contribution in [2.45, 2.75) is 0 Å². The smallest absolute Gasteiger partial charge is 0.759 e. The third-order valence-electron chi connectivity index (χ3n) is 0. The second-order valence-electron chi connectivity index (χ2n) is 0.639. The van der Waals surface area contributed by atoms with Crippen LogP contribution >= 0.6 is 0 Å². The molecule has 0 aromatic rings. The maximum absolute atomic E-state index is 8.67. The Kier molecular flexibility index (Phi) is 23.1. The van der Waals surface area contributed by atoms with E-state index in [-0.39, 0.29) is 43.2 Å². The summed E-state index contributed by atoms with van der Waals surface area (Å²) >= 11 is -2.61. The standard InChI is InChI=1S/Ca.H2O4S.H2O3S.H2O/c;1-5(2,3)4;1-4(2)3;/h;(H2,1,2,3,4);(H2,1,2,3);1H2/q+2;;;/p-2. The topological polar surface area (TPSA) is 169 Å². The molecule has 11 heteroatoms. The summed E-state index contributed by atoms with van der Waals surface area (Å²) in [6.45, 7) is 0. The van der Waals surface area contributed by atoms with Crippen LogP contribution in [0.3, 0.4) is 0 Å². The van der Waals surface area contributed by atoms with E-state index in [0.717, 1.165) is 0 Å². The minimum absolute atomic E-state index is 0. The fraction of sp³-hybridized carbons (Fsp3) is 0. The fourth-order valence-corrected chi connectivity index (χ4v) is 0. The van der Waals surface area contributed by atoms with Crippen LogP contribution in [0.5, 0.6) is 0 Å². The molecule has 8 nitrogen and oxygen atoms in total. The Morgan fingerprint density at radius 1 is 1.18 bits per heavy atom. The van der Waals surface area contributed by atoms with E-state index in [4.69, 9.17) is 30.8 Å². The van der Waals surface area contributed by atoms with Crippen molar-refractivity contribution in [3.8, 4) is 0 Å². The summed E-state index contributed by atoms with van der Waals surface area (Å²) in [6, 6.07) is 0. The van der Waals surface area contributed by atoms with Gasteiger partial charge in [-0.15, -0.1) is 0 Å². The summed E-state index contributed by atoms with van der Waals surface area (Å²) in [4.78, 5) is 0. The van der Waals surface area contributed by atoms with Gasteiger partial charge >= 0.3 is 37.7 Å². The first kappa shape index (κ1) is 22.7. The van der Waals surface area contributed by atoms with Gasteiger partial charge in [0, 0.05) is 10.4 Å². The van der Waals surface area contributed by atoms with Crippen molar-refractivity contribution >= 4 is 59.5 Å². The Bertz CT molecular complexity index is 155.